The number of aromatic nitrogens is 1. The molecule has 11 heteroatoms. The van der Waals surface area contributed by atoms with Gasteiger partial charge in [0.05, 0.1) is 11.0 Å². The van der Waals surface area contributed by atoms with Gasteiger partial charge in [-0.05, 0) is 37.0 Å². The van der Waals surface area contributed by atoms with Crippen LogP contribution in [-0.2, 0) is 22.4 Å². The summed E-state index contributed by atoms with van der Waals surface area (Å²) in [6.07, 6.45) is 1.62. The molecule has 0 bridgehead atoms. The molecule has 0 saturated carbocycles. The third kappa shape index (κ3) is 4.43. The molecule has 8 nitrogen and oxygen atoms in total. The fraction of sp³-hybridized carbons (Fsp3) is 0.379. The van der Waals surface area contributed by atoms with Gasteiger partial charge in [-0.3, -0.25) is 19.4 Å². The van der Waals surface area contributed by atoms with Crippen LogP contribution < -0.4 is 16.0 Å². The molecule has 1 spiro atoms. The smallest absolute Gasteiger partial charge is 0.368 e. The molecule has 1 aliphatic carbocycles. The number of piperidine rings is 1. The number of carbonyl (C=O) groups excluding carboxylic acids is 3. The monoisotopic (exact) mass is 551 g/mol. The molecule has 1 aromatic heterocycles. The van der Waals surface area contributed by atoms with Crippen LogP contribution in [-0.4, -0.2) is 59.0 Å². The molecule has 40 heavy (non-hydrogen) atoms. The van der Waals surface area contributed by atoms with Crippen molar-refractivity contribution in [3.8, 4) is 0 Å². The number of rotatable bonds is 4. The maximum Gasteiger partial charge on any atom is 0.406 e. The van der Waals surface area contributed by atoms with Crippen LogP contribution in [0, 0.1) is 5.41 Å². The third-order valence-corrected chi connectivity index (χ3v) is 8.45. The molecule has 3 amide bonds. The highest BCUT2D eigenvalue weighted by atomic mass is 19.4. The molecule has 3 aliphatic heterocycles. The van der Waals surface area contributed by atoms with Crippen LogP contribution in [0.15, 0.2) is 66.1 Å². The van der Waals surface area contributed by atoms with Crippen molar-refractivity contribution in [2.45, 2.75) is 50.4 Å². The summed E-state index contributed by atoms with van der Waals surface area (Å²) in [7, 11) is 0. The van der Waals surface area contributed by atoms with Gasteiger partial charge in [0.15, 0.2) is 0 Å². The van der Waals surface area contributed by atoms with Crippen LogP contribution in [0.2, 0.25) is 0 Å². The van der Waals surface area contributed by atoms with Gasteiger partial charge in [0, 0.05) is 42.4 Å². The van der Waals surface area contributed by atoms with E-state index in [0.717, 1.165) is 21.6 Å². The molecule has 0 unspecified atom stereocenters. The van der Waals surface area contributed by atoms with E-state index in [1.165, 1.54) is 6.20 Å². The second kappa shape index (κ2) is 9.50. The zero-order valence-electron chi connectivity index (χ0n) is 21.7. The van der Waals surface area contributed by atoms with Gasteiger partial charge in [0.2, 0.25) is 11.8 Å². The number of allylic oxidation sites excluding steroid dienone is 1. The number of hydrogen-bond donors (Lipinski definition) is 3. The Hall–Kier alpha value is -4.15. The van der Waals surface area contributed by atoms with E-state index in [0.29, 0.717) is 30.9 Å². The maximum absolute atomic E-state index is 13.4. The first-order valence-electron chi connectivity index (χ1n) is 13.2. The lowest BCUT2D eigenvalue weighted by Gasteiger charge is -2.43. The summed E-state index contributed by atoms with van der Waals surface area (Å²) in [4.78, 5) is 44.8. The van der Waals surface area contributed by atoms with Crippen molar-refractivity contribution in [1.29, 1.82) is 0 Å². The van der Waals surface area contributed by atoms with Crippen molar-refractivity contribution < 1.29 is 27.6 Å². The molecule has 3 N–H and O–H groups in total. The van der Waals surface area contributed by atoms with Gasteiger partial charge in [0.25, 0.3) is 5.91 Å². The minimum atomic E-state index is -4.58. The van der Waals surface area contributed by atoms with Gasteiger partial charge in [-0.1, -0.05) is 42.5 Å². The van der Waals surface area contributed by atoms with E-state index >= 15 is 0 Å². The minimum Gasteiger partial charge on any atom is -0.368 e. The number of pyridine rings is 1. The Kier molecular flexibility index (Phi) is 6.19. The molecule has 2 aromatic rings. The number of carbonyl (C=O) groups is 3. The van der Waals surface area contributed by atoms with E-state index in [1.807, 2.05) is 30.4 Å². The summed E-state index contributed by atoms with van der Waals surface area (Å²) in [6.45, 7) is 0.833. The Bertz CT molecular complexity index is 1450. The highest BCUT2D eigenvalue weighted by Crippen LogP contribution is 2.47. The third-order valence-electron chi connectivity index (χ3n) is 8.45. The number of alkyl halides is 3. The summed E-state index contributed by atoms with van der Waals surface area (Å²) < 4.78 is 40.3. The molecule has 1 saturated heterocycles. The summed E-state index contributed by atoms with van der Waals surface area (Å²) in [5.74, 6) is -1.20. The Morgan fingerprint density at radius 3 is 2.73 bits per heavy atom. The fourth-order valence-electron chi connectivity index (χ4n) is 6.44. The second-order valence-electron chi connectivity index (χ2n) is 10.9. The van der Waals surface area contributed by atoms with Crippen LogP contribution in [0.25, 0.3) is 0 Å². The maximum atomic E-state index is 13.4. The summed E-state index contributed by atoms with van der Waals surface area (Å²) in [6, 6.07) is 8.87. The number of nitrogens with zero attached hydrogens (tertiary/aromatic N) is 2. The minimum absolute atomic E-state index is 0.126. The van der Waals surface area contributed by atoms with Crippen LogP contribution >= 0.6 is 0 Å². The average molecular weight is 552 g/mol. The van der Waals surface area contributed by atoms with Crippen molar-refractivity contribution in [3.63, 3.8) is 0 Å². The molecule has 208 valence electrons. The Morgan fingerprint density at radius 1 is 1.20 bits per heavy atom. The van der Waals surface area contributed by atoms with E-state index in [-0.39, 0.29) is 17.9 Å². The first-order chi connectivity index (χ1) is 19.1. The predicted molar refractivity (Wildman–Crippen MR) is 139 cm³/mol. The van der Waals surface area contributed by atoms with Crippen molar-refractivity contribution >= 4 is 17.7 Å². The standard InChI is InChI=1S/C29H28F3N5O3/c1-16-20(17-6-3-2-4-7-17)11-22(26(39)37(16)15-29(30,31)32)35-25(38)19-10-18-12-28(13-23(18)34-14-19)21-8-5-9-33-24(21)36-27(28)40/h2-8,10,14,16,20,22,33H,9,11-13,15H2,1H3,(H,35,38)(H,36,40)/t16-,20-,22+,28+/m1/s1. The molecule has 4 aliphatic rings. The van der Waals surface area contributed by atoms with Gasteiger partial charge in [0.1, 0.15) is 18.4 Å². The van der Waals surface area contributed by atoms with Gasteiger partial charge >= 0.3 is 6.18 Å². The number of amides is 3. The molecule has 1 fully saturated rings. The van der Waals surface area contributed by atoms with Crippen molar-refractivity contribution in [1.82, 2.24) is 25.8 Å². The zero-order valence-corrected chi connectivity index (χ0v) is 21.7. The van der Waals surface area contributed by atoms with Crippen LogP contribution in [0.5, 0.6) is 0 Å². The van der Waals surface area contributed by atoms with Crippen LogP contribution in [0.3, 0.4) is 0 Å². The number of halogens is 3. The van der Waals surface area contributed by atoms with Gasteiger partial charge in [-0.2, -0.15) is 13.2 Å². The van der Waals surface area contributed by atoms with Gasteiger partial charge < -0.3 is 20.9 Å². The topological polar surface area (TPSA) is 103 Å². The largest absolute Gasteiger partial charge is 0.406 e. The van der Waals surface area contributed by atoms with E-state index in [2.05, 4.69) is 20.9 Å². The van der Waals surface area contributed by atoms with Gasteiger partial charge in [-0.15, -0.1) is 0 Å². The quantitative estimate of drug-likeness (QED) is 0.543. The second-order valence-corrected chi connectivity index (χ2v) is 10.9. The number of dihydropyridines is 1. The Morgan fingerprint density at radius 2 is 1.98 bits per heavy atom. The van der Waals surface area contributed by atoms with Crippen molar-refractivity contribution in [2.75, 3.05) is 13.1 Å². The molecular formula is C29H28F3N5O3. The SMILES string of the molecule is C[C@@H]1[C@H](c2ccccc2)C[C@H](NC(=O)c2cnc3c(c2)C[C@@]2(C3)C(=O)NC3=C2C=CCN3)C(=O)N1CC(F)(F)F. The lowest BCUT2D eigenvalue weighted by atomic mass is 9.78. The first-order valence-corrected chi connectivity index (χ1v) is 13.2. The van der Waals surface area contributed by atoms with Crippen LogP contribution in [0.1, 0.15) is 46.4 Å². The summed E-state index contributed by atoms with van der Waals surface area (Å²) >= 11 is 0. The molecule has 0 radical (unpaired) electrons. The van der Waals surface area contributed by atoms with Crippen molar-refractivity contribution in [3.05, 3.63) is 88.5 Å². The van der Waals surface area contributed by atoms with Crippen LogP contribution in [0.4, 0.5) is 13.2 Å². The number of likely N-dealkylation sites (tertiary alicyclic amines) is 1. The highest BCUT2D eigenvalue weighted by molar-refractivity contribution is 5.98. The fourth-order valence-corrected chi connectivity index (χ4v) is 6.44. The highest BCUT2D eigenvalue weighted by Gasteiger charge is 2.52. The first kappa shape index (κ1) is 26.1. The van der Waals surface area contributed by atoms with E-state index in [1.54, 1.807) is 25.1 Å². The Balaban J connectivity index is 1.24. The predicted octanol–water partition coefficient (Wildman–Crippen LogP) is 2.73. The lowest BCUT2D eigenvalue weighted by Crippen LogP contribution is -2.59. The number of fused-ring (bicyclic) bond motifs is 2. The van der Waals surface area contributed by atoms with Crippen molar-refractivity contribution in [2.24, 2.45) is 5.41 Å². The molecule has 4 heterocycles. The summed E-state index contributed by atoms with van der Waals surface area (Å²) in [5, 5.41) is 8.76. The zero-order chi connectivity index (χ0) is 28.2. The number of benzene rings is 1. The number of hydrogen-bond acceptors (Lipinski definition) is 5. The normalized spacial score (nSPS) is 27.4. The Labute approximate surface area is 228 Å². The van der Waals surface area contributed by atoms with E-state index < -0.39 is 48.0 Å². The molecular weight excluding hydrogens is 523 g/mol. The van der Waals surface area contributed by atoms with E-state index in [4.69, 9.17) is 0 Å². The average Bonchev–Trinajstić information content (AvgIpc) is 3.44. The molecule has 4 atom stereocenters. The van der Waals surface area contributed by atoms with E-state index in [9.17, 15) is 27.6 Å². The lowest BCUT2D eigenvalue weighted by molar-refractivity contribution is -0.170. The molecule has 1 aromatic carbocycles. The molecule has 6 rings (SSSR count). The van der Waals surface area contributed by atoms with Gasteiger partial charge in [-0.25, -0.2) is 0 Å². The number of nitrogens with one attached hydrogen (secondary N) is 3. The summed E-state index contributed by atoms with van der Waals surface area (Å²) in [5.41, 5.74) is 2.51.